The van der Waals surface area contributed by atoms with Gasteiger partial charge in [-0.1, -0.05) is 103 Å². The van der Waals surface area contributed by atoms with Crippen molar-refractivity contribution >= 4 is 18.0 Å². The van der Waals surface area contributed by atoms with E-state index in [0.29, 0.717) is 12.4 Å². The molecule has 0 fully saturated rings. The average Bonchev–Trinajstić information content (AvgIpc) is 3.34. The fourth-order valence-corrected chi connectivity index (χ4v) is 4.31. The van der Waals surface area contributed by atoms with Crippen LogP contribution in [0, 0.1) is 0 Å². The van der Waals surface area contributed by atoms with Crippen LogP contribution in [0.5, 0.6) is 5.75 Å². The number of rotatable bonds is 9. The largest absolute Gasteiger partial charge is 0.489 e. The van der Waals surface area contributed by atoms with Gasteiger partial charge < -0.3 is 4.74 Å². The molecule has 5 nitrogen and oxygen atoms in total. The molecule has 1 aromatic heterocycles. The molecule has 0 amide bonds. The van der Waals surface area contributed by atoms with Gasteiger partial charge >= 0.3 is 0 Å². The first-order valence-corrected chi connectivity index (χ1v) is 12.3. The predicted octanol–water partition coefficient (Wildman–Crippen LogP) is 6.70. The Bertz CT molecular complexity index is 1370. The van der Waals surface area contributed by atoms with Gasteiger partial charge in [-0.25, -0.2) is 0 Å². The molecular formula is C29H24N4OS. The van der Waals surface area contributed by atoms with Crippen LogP contribution in [0.3, 0.4) is 0 Å². The van der Waals surface area contributed by atoms with E-state index in [-0.39, 0.29) is 0 Å². The van der Waals surface area contributed by atoms with Gasteiger partial charge in [0.05, 0.1) is 6.21 Å². The molecule has 172 valence electrons. The second-order valence-corrected chi connectivity index (χ2v) is 8.79. The molecule has 0 aliphatic rings. The van der Waals surface area contributed by atoms with Crippen LogP contribution in [0.1, 0.15) is 16.7 Å². The molecule has 0 radical (unpaired) electrons. The van der Waals surface area contributed by atoms with Gasteiger partial charge in [-0.2, -0.15) is 9.78 Å². The van der Waals surface area contributed by atoms with Gasteiger partial charge in [0.25, 0.3) is 0 Å². The lowest BCUT2D eigenvalue weighted by Crippen LogP contribution is -1.98. The highest BCUT2D eigenvalue weighted by Crippen LogP contribution is 2.26. The Morgan fingerprint density at radius 2 is 1.34 bits per heavy atom. The summed E-state index contributed by atoms with van der Waals surface area (Å²) in [5.74, 6) is 2.32. The predicted molar refractivity (Wildman–Crippen MR) is 142 cm³/mol. The topological polar surface area (TPSA) is 52.3 Å². The number of benzene rings is 4. The third-order valence-corrected chi connectivity index (χ3v) is 6.30. The van der Waals surface area contributed by atoms with Crippen molar-refractivity contribution in [2.24, 2.45) is 5.10 Å². The van der Waals surface area contributed by atoms with E-state index in [1.54, 1.807) is 11.8 Å². The summed E-state index contributed by atoms with van der Waals surface area (Å²) in [5.41, 5.74) is 4.29. The molecule has 35 heavy (non-hydrogen) atoms. The maximum atomic E-state index is 5.89. The van der Waals surface area contributed by atoms with Crippen LogP contribution >= 0.6 is 11.8 Å². The summed E-state index contributed by atoms with van der Waals surface area (Å²) >= 11 is 1.61. The van der Waals surface area contributed by atoms with Crippen LogP contribution in [-0.2, 0) is 12.4 Å². The maximum absolute atomic E-state index is 5.89. The second kappa shape index (κ2) is 11.3. The zero-order chi connectivity index (χ0) is 23.7. The summed E-state index contributed by atoms with van der Waals surface area (Å²) in [5, 5.41) is 14.4. The van der Waals surface area contributed by atoms with Crippen molar-refractivity contribution in [1.29, 1.82) is 0 Å². The molecule has 0 aliphatic carbocycles. The van der Waals surface area contributed by atoms with E-state index in [2.05, 4.69) is 34.5 Å². The van der Waals surface area contributed by atoms with E-state index in [4.69, 9.17) is 9.84 Å². The summed E-state index contributed by atoms with van der Waals surface area (Å²) in [6, 6.07) is 38.4. The minimum absolute atomic E-state index is 0.539. The highest BCUT2D eigenvalue weighted by atomic mass is 32.2. The molecule has 0 atom stereocenters. The highest BCUT2D eigenvalue weighted by Gasteiger charge is 2.14. The minimum atomic E-state index is 0.539. The van der Waals surface area contributed by atoms with Gasteiger partial charge in [0.15, 0.2) is 5.82 Å². The highest BCUT2D eigenvalue weighted by molar-refractivity contribution is 7.98. The summed E-state index contributed by atoms with van der Waals surface area (Å²) in [4.78, 5) is 0. The van der Waals surface area contributed by atoms with E-state index in [1.165, 1.54) is 5.56 Å². The Labute approximate surface area is 209 Å². The number of thioether (sulfide) groups is 1. The SMILES string of the molecule is C(=N/n1c(SCc2ccccc2)nnc1-c1ccccc1)/c1ccc(OCc2ccccc2)cc1. The lowest BCUT2D eigenvalue weighted by Gasteiger charge is -2.07. The lowest BCUT2D eigenvalue weighted by atomic mass is 10.2. The molecule has 0 aliphatic heterocycles. The third-order valence-electron chi connectivity index (χ3n) is 5.31. The number of aromatic nitrogens is 3. The van der Waals surface area contributed by atoms with Crippen molar-refractivity contribution < 1.29 is 4.74 Å². The van der Waals surface area contributed by atoms with Gasteiger partial charge in [-0.15, -0.1) is 10.2 Å². The van der Waals surface area contributed by atoms with Gasteiger partial charge in [-0.3, -0.25) is 0 Å². The van der Waals surface area contributed by atoms with E-state index in [1.807, 2.05) is 102 Å². The molecule has 1 heterocycles. The minimum Gasteiger partial charge on any atom is -0.489 e. The lowest BCUT2D eigenvalue weighted by molar-refractivity contribution is 0.306. The van der Waals surface area contributed by atoms with Crippen molar-refractivity contribution in [3.8, 4) is 17.1 Å². The second-order valence-electron chi connectivity index (χ2n) is 7.85. The first kappa shape index (κ1) is 22.6. The van der Waals surface area contributed by atoms with Crippen LogP contribution < -0.4 is 4.74 Å². The van der Waals surface area contributed by atoms with Gasteiger partial charge in [0.2, 0.25) is 5.16 Å². The number of hydrogen-bond donors (Lipinski definition) is 0. The average molecular weight is 477 g/mol. The summed E-state index contributed by atoms with van der Waals surface area (Å²) in [6.07, 6.45) is 1.82. The fourth-order valence-electron chi connectivity index (χ4n) is 3.46. The van der Waals surface area contributed by atoms with Crippen LogP contribution in [-0.4, -0.2) is 21.1 Å². The Morgan fingerprint density at radius 1 is 0.714 bits per heavy atom. The molecule has 5 aromatic rings. The Kier molecular flexibility index (Phi) is 7.31. The Hall–Kier alpha value is -4.16. The zero-order valence-corrected chi connectivity index (χ0v) is 19.9. The van der Waals surface area contributed by atoms with Crippen LogP contribution in [0.2, 0.25) is 0 Å². The zero-order valence-electron chi connectivity index (χ0n) is 19.1. The fraction of sp³-hybridized carbons (Fsp3) is 0.0690. The maximum Gasteiger partial charge on any atom is 0.212 e. The molecular weight excluding hydrogens is 452 g/mol. The molecule has 6 heteroatoms. The molecule has 0 bridgehead atoms. The van der Waals surface area contributed by atoms with Gasteiger partial charge in [0.1, 0.15) is 12.4 Å². The molecule has 0 saturated carbocycles. The quantitative estimate of drug-likeness (QED) is 0.175. The van der Waals surface area contributed by atoms with Crippen molar-refractivity contribution in [2.45, 2.75) is 17.5 Å². The number of ether oxygens (including phenoxy) is 1. The Morgan fingerprint density at radius 3 is 2.03 bits per heavy atom. The molecule has 0 spiro atoms. The smallest absolute Gasteiger partial charge is 0.212 e. The third kappa shape index (κ3) is 6.05. The van der Waals surface area contributed by atoms with Gasteiger partial charge in [-0.05, 0) is 41.0 Å². The van der Waals surface area contributed by atoms with Crippen LogP contribution in [0.25, 0.3) is 11.4 Å². The molecule has 0 N–H and O–H groups in total. The van der Waals surface area contributed by atoms with Crippen LogP contribution in [0.4, 0.5) is 0 Å². The number of hydrogen-bond acceptors (Lipinski definition) is 5. The van der Waals surface area contributed by atoms with Crippen molar-refractivity contribution in [2.75, 3.05) is 0 Å². The molecule has 4 aromatic carbocycles. The Balaban J connectivity index is 1.33. The summed E-state index contributed by atoms with van der Waals surface area (Å²) in [6.45, 7) is 0.539. The van der Waals surface area contributed by atoms with Crippen molar-refractivity contribution in [1.82, 2.24) is 14.9 Å². The molecule has 5 rings (SSSR count). The summed E-state index contributed by atoms with van der Waals surface area (Å²) < 4.78 is 7.70. The van der Waals surface area contributed by atoms with E-state index in [9.17, 15) is 0 Å². The molecule has 0 saturated heterocycles. The first-order chi connectivity index (χ1) is 17.3. The van der Waals surface area contributed by atoms with E-state index < -0.39 is 0 Å². The van der Waals surface area contributed by atoms with Crippen LogP contribution in [0.15, 0.2) is 126 Å². The monoisotopic (exact) mass is 476 g/mol. The normalized spacial score (nSPS) is 11.1. The first-order valence-electron chi connectivity index (χ1n) is 11.3. The molecule has 0 unspecified atom stereocenters. The standard InChI is InChI=1S/C29H24N4OS/c1-4-10-24(11-5-1)21-34-27-18-16-23(17-19-27)20-30-33-28(26-14-8-3-9-15-26)31-32-29(33)35-22-25-12-6-2-7-13-25/h1-20H,21-22H2/b30-20-. The van der Waals surface area contributed by atoms with E-state index in [0.717, 1.165) is 33.3 Å². The number of nitrogens with zero attached hydrogens (tertiary/aromatic N) is 4. The van der Waals surface area contributed by atoms with E-state index >= 15 is 0 Å². The summed E-state index contributed by atoms with van der Waals surface area (Å²) in [7, 11) is 0. The van der Waals surface area contributed by atoms with Crippen molar-refractivity contribution in [3.05, 3.63) is 132 Å². The van der Waals surface area contributed by atoms with Crippen molar-refractivity contribution in [3.63, 3.8) is 0 Å². The van der Waals surface area contributed by atoms with Gasteiger partial charge in [0, 0.05) is 11.3 Å².